The molecule has 2 aliphatic rings. The van der Waals surface area contributed by atoms with Crippen LogP contribution >= 0.6 is 23.2 Å². The van der Waals surface area contributed by atoms with Crippen molar-refractivity contribution in [1.29, 1.82) is 5.26 Å². The normalized spacial score (nSPS) is 21.8. The number of hydrogen-bond donors (Lipinski definition) is 1. The van der Waals surface area contributed by atoms with Crippen LogP contribution in [-0.2, 0) is 9.53 Å². The van der Waals surface area contributed by atoms with Gasteiger partial charge in [-0.2, -0.15) is 5.26 Å². The minimum Gasteiger partial charge on any atom is -0.444 e. The van der Waals surface area contributed by atoms with Crippen molar-refractivity contribution in [2.24, 2.45) is 5.73 Å². The minimum atomic E-state index is -0.604. The number of nitriles is 1. The van der Waals surface area contributed by atoms with Gasteiger partial charge in [0.15, 0.2) is 5.78 Å². The van der Waals surface area contributed by atoms with Crippen LogP contribution in [0.5, 0.6) is 0 Å². The molecule has 1 aliphatic carbocycles. The van der Waals surface area contributed by atoms with Crippen molar-refractivity contribution < 1.29 is 9.53 Å². The van der Waals surface area contributed by atoms with E-state index in [0.717, 1.165) is 5.56 Å². The molecule has 0 radical (unpaired) electrons. The molecule has 2 aromatic carbocycles. The summed E-state index contributed by atoms with van der Waals surface area (Å²) in [5.41, 5.74) is 8.51. The van der Waals surface area contributed by atoms with Crippen LogP contribution in [0.2, 0.25) is 10.0 Å². The summed E-state index contributed by atoms with van der Waals surface area (Å²) >= 11 is 12.2. The van der Waals surface area contributed by atoms with Gasteiger partial charge in [0.05, 0.1) is 16.0 Å². The number of rotatable bonds is 2. The van der Waals surface area contributed by atoms with E-state index in [1.165, 1.54) is 0 Å². The molecule has 6 heteroatoms. The zero-order valence-electron chi connectivity index (χ0n) is 14.8. The Hall–Kier alpha value is -2.74. The highest BCUT2D eigenvalue weighted by molar-refractivity contribution is 6.42. The summed E-state index contributed by atoms with van der Waals surface area (Å²) in [6.45, 7) is 0. The van der Waals surface area contributed by atoms with Gasteiger partial charge in [0.2, 0.25) is 5.88 Å². The molecule has 1 aliphatic heterocycles. The molecule has 0 saturated carbocycles. The highest BCUT2D eigenvalue weighted by atomic mass is 35.5. The summed E-state index contributed by atoms with van der Waals surface area (Å²) in [7, 11) is 0. The van der Waals surface area contributed by atoms with Gasteiger partial charge in [-0.25, -0.2) is 0 Å². The second kappa shape index (κ2) is 7.35. The molecule has 1 heterocycles. The molecule has 2 atom stereocenters. The molecule has 4 nitrogen and oxygen atoms in total. The van der Waals surface area contributed by atoms with Gasteiger partial charge in [-0.3, -0.25) is 4.79 Å². The lowest BCUT2D eigenvalue weighted by molar-refractivity contribution is -0.117. The van der Waals surface area contributed by atoms with E-state index in [0.29, 0.717) is 39.8 Å². The molecule has 0 amide bonds. The third-order valence-electron chi connectivity index (χ3n) is 5.21. The van der Waals surface area contributed by atoms with Crippen molar-refractivity contribution in [2.75, 3.05) is 0 Å². The lowest BCUT2D eigenvalue weighted by Crippen LogP contribution is -2.29. The fraction of sp³-hybridized carbons (Fsp3) is 0.182. The Labute approximate surface area is 172 Å². The molecule has 2 aromatic rings. The van der Waals surface area contributed by atoms with Gasteiger partial charge >= 0.3 is 0 Å². The first-order valence-corrected chi connectivity index (χ1v) is 9.59. The van der Waals surface area contributed by atoms with Crippen LogP contribution in [0.25, 0.3) is 0 Å². The van der Waals surface area contributed by atoms with Crippen LogP contribution in [0, 0.1) is 11.3 Å². The molecule has 2 unspecified atom stereocenters. The predicted molar refractivity (Wildman–Crippen MR) is 108 cm³/mol. The van der Waals surface area contributed by atoms with Gasteiger partial charge in [0.1, 0.15) is 17.4 Å². The summed E-state index contributed by atoms with van der Waals surface area (Å²) in [4.78, 5) is 13.1. The van der Waals surface area contributed by atoms with E-state index < -0.39 is 5.92 Å². The lowest BCUT2D eigenvalue weighted by atomic mass is 9.73. The van der Waals surface area contributed by atoms with E-state index in [1.54, 1.807) is 18.2 Å². The van der Waals surface area contributed by atoms with Crippen molar-refractivity contribution in [3.63, 3.8) is 0 Å². The Morgan fingerprint density at radius 1 is 1.04 bits per heavy atom. The van der Waals surface area contributed by atoms with Crippen molar-refractivity contribution >= 4 is 29.0 Å². The van der Waals surface area contributed by atoms with Crippen LogP contribution in [0.3, 0.4) is 0 Å². The average Bonchev–Trinajstić information content (AvgIpc) is 2.69. The van der Waals surface area contributed by atoms with Gasteiger partial charge < -0.3 is 10.5 Å². The van der Waals surface area contributed by atoms with Crippen molar-refractivity contribution in [3.8, 4) is 6.07 Å². The quantitative estimate of drug-likeness (QED) is 0.737. The number of carbonyl (C=O) groups is 1. The summed E-state index contributed by atoms with van der Waals surface area (Å²) in [6.07, 6.45) is 0.894. The summed E-state index contributed by atoms with van der Waals surface area (Å²) in [5.74, 6) is -0.0889. The standard InChI is InChI=1S/C22H16Cl2N2O2/c23-16-7-6-13(8-17(16)24)20-15(11-25)22(26)28-19-10-14(9-18(27)21(19)20)12-4-2-1-3-5-12/h1-8,14,20H,9-10,26H2. The Morgan fingerprint density at radius 3 is 2.46 bits per heavy atom. The summed E-state index contributed by atoms with van der Waals surface area (Å²) in [5, 5.41) is 10.4. The van der Waals surface area contributed by atoms with E-state index in [1.807, 2.05) is 30.3 Å². The predicted octanol–water partition coefficient (Wildman–Crippen LogP) is 5.20. The van der Waals surface area contributed by atoms with Crippen molar-refractivity contribution in [2.45, 2.75) is 24.7 Å². The second-order valence-electron chi connectivity index (χ2n) is 6.87. The molecule has 0 aromatic heterocycles. The topological polar surface area (TPSA) is 76.1 Å². The molecule has 4 rings (SSSR count). The molecule has 2 N–H and O–H groups in total. The Morgan fingerprint density at radius 2 is 1.79 bits per heavy atom. The molecular weight excluding hydrogens is 395 g/mol. The Bertz CT molecular complexity index is 1070. The van der Waals surface area contributed by atoms with Crippen LogP contribution in [0.1, 0.15) is 35.8 Å². The zero-order chi connectivity index (χ0) is 19.8. The van der Waals surface area contributed by atoms with E-state index in [2.05, 4.69) is 6.07 Å². The monoisotopic (exact) mass is 410 g/mol. The van der Waals surface area contributed by atoms with E-state index >= 15 is 0 Å². The maximum absolute atomic E-state index is 13.1. The van der Waals surface area contributed by atoms with E-state index in [9.17, 15) is 10.1 Å². The lowest BCUT2D eigenvalue weighted by Gasteiger charge is -2.34. The van der Waals surface area contributed by atoms with Gasteiger partial charge in [-0.05, 0) is 29.2 Å². The Balaban J connectivity index is 1.81. The fourth-order valence-electron chi connectivity index (χ4n) is 3.89. The van der Waals surface area contributed by atoms with Gasteiger partial charge in [0, 0.05) is 18.4 Å². The number of Topliss-reactive ketones (excluding diaryl/α,β-unsaturated/α-hetero) is 1. The van der Waals surface area contributed by atoms with Gasteiger partial charge in [-0.15, -0.1) is 0 Å². The average molecular weight is 411 g/mol. The van der Waals surface area contributed by atoms with E-state index in [-0.39, 0.29) is 23.2 Å². The molecule has 0 fully saturated rings. The first kappa shape index (κ1) is 18.6. The zero-order valence-corrected chi connectivity index (χ0v) is 16.3. The van der Waals surface area contributed by atoms with E-state index in [4.69, 9.17) is 33.7 Å². The molecule has 0 spiro atoms. The number of hydrogen-bond acceptors (Lipinski definition) is 4. The molecular formula is C22H16Cl2N2O2. The molecule has 0 bridgehead atoms. The van der Waals surface area contributed by atoms with Crippen LogP contribution in [0.4, 0.5) is 0 Å². The third kappa shape index (κ3) is 3.17. The van der Waals surface area contributed by atoms with Crippen LogP contribution in [-0.4, -0.2) is 5.78 Å². The molecule has 140 valence electrons. The second-order valence-corrected chi connectivity index (χ2v) is 7.69. The third-order valence-corrected chi connectivity index (χ3v) is 5.95. The number of nitrogens with two attached hydrogens (primary N) is 1. The highest BCUT2D eigenvalue weighted by Crippen LogP contribution is 2.47. The number of ether oxygens (including phenoxy) is 1. The highest BCUT2D eigenvalue weighted by Gasteiger charge is 2.40. The summed E-state index contributed by atoms with van der Waals surface area (Å²) in [6, 6.07) is 17.0. The first-order valence-electron chi connectivity index (χ1n) is 8.83. The number of ketones is 1. The number of halogens is 2. The molecule has 0 saturated heterocycles. The smallest absolute Gasteiger partial charge is 0.205 e. The number of allylic oxidation sites excluding steroid dienone is 3. The maximum Gasteiger partial charge on any atom is 0.205 e. The van der Waals surface area contributed by atoms with Gasteiger partial charge in [-0.1, -0.05) is 59.6 Å². The number of carbonyl (C=O) groups excluding carboxylic acids is 1. The minimum absolute atomic E-state index is 0.0124. The van der Waals surface area contributed by atoms with Crippen molar-refractivity contribution in [3.05, 3.63) is 92.5 Å². The maximum atomic E-state index is 13.1. The number of nitrogens with zero attached hydrogens (tertiary/aromatic N) is 1. The van der Waals surface area contributed by atoms with Crippen LogP contribution in [0.15, 0.2) is 71.3 Å². The Kier molecular flexibility index (Phi) is 4.89. The number of benzene rings is 2. The summed E-state index contributed by atoms with van der Waals surface area (Å²) < 4.78 is 5.76. The van der Waals surface area contributed by atoms with Crippen molar-refractivity contribution in [1.82, 2.24) is 0 Å². The van der Waals surface area contributed by atoms with Crippen LogP contribution < -0.4 is 5.73 Å². The fourth-order valence-corrected chi connectivity index (χ4v) is 4.20. The SMILES string of the molecule is N#CC1=C(N)OC2=C(C(=O)CC(c3ccccc3)C2)C1c1ccc(Cl)c(Cl)c1. The molecule has 28 heavy (non-hydrogen) atoms. The first-order chi connectivity index (χ1) is 13.5. The van der Waals surface area contributed by atoms with Gasteiger partial charge in [0.25, 0.3) is 0 Å². The largest absolute Gasteiger partial charge is 0.444 e.